The van der Waals surface area contributed by atoms with Gasteiger partial charge in [-0.25, -0.2) is 13.8 Å². The quantitative estimate of drug-likeness (QED) is 0.752. The first-order valence-electron chi connectivity index (χ1n) is 7.49. The van der Waals surface area contributed by atoms with Gasteiger partial charge in [-0.15, -0.1) is 0 Å². The van der Waals surface area contributed by atoms with Gasteiger partial charge in [0.1, 0.15) is 11.6 Å². The lowest BCUT2D eigenvalue weighted by atomic mass is 9.85. The van der Waals surface area contributed by atoms with Gasteiger partial charge in [0.05, 0.1) is 5.69 Å². The van der Waals surface area contributed by atoms with Crippen LogP contribution in [-0.2, 0) is 0 Å². The fraction of sp³-hybridized carbons (Fsp3) is 0.471. The van der Waals surface area contributed by atoms with E-state index in [1.165, 1.54) is 38.3 Å². The minimum atomic E-state index is -0.548. The van der Waals surface area contributed by atoms with Gasteiger partial charge in [-0.3, -0.25) is 0 Å². The molecule has 1 saturated carbocycles. The second kappa shape index (κ2) is 5.58. The molecular weight excluding hydrogens is 272 g/mol. The van der Waals surface area contributed by atoms with Crippen molar-refractivity contribution in [1.29, 1.82) is 0 Å². The van der Waals surface area contributed by atoms with Crippen molar-refractivity contribution in [3.63, 3.8) is 0 Å². The largest absolute Gasteiger partial charge is 0.441 e. The number of aryl methyl sites for hydroxylation is 1. The number of rotatable bonds is 2. The molecule has 3 rings (SSSR count). The van der Waals surface area contributed by atoms with Crippen molar-refractivity contribution in [2.75, 3.05) is 0 Å². The fourth-order valence-corrected chi connectivity index (χ4v) is 3.08. The molecule has 1 aromatic carbocycles. The second-order valence-electron chi connectivity index (χ2n) is 5.85. The van der Waals surface area contributed by atoms with E-state index in [1.54, 1.807) is 6.92 Å². The number of oxazole rings is 1. The first-order chi connectivity index (χ1) is 10.1. The first kappa shape index (κ1) is 14.2. The average Bonchev–Trinajstić information content (AvgIpc) is 2.87. The third-order valence-electron chi connectivity index (χ3n) is 4.30. The normalized spacial score (nSPS) is 16.4. The molecule has 1 heterocycles. The topological polar surface area (TPSA) is 26.0 Å². The summed E-state index contributed by atoms with van der Waals surface area (Å²) in [5, 5.41) is 0. The van der Waals surface area contributed by atoms with E-state index in [4.69, 9.17) is 4.42 Å². The molecule has 2 aromatic rings. The van der Waals surface area contributed by atoms with E-state index >= 15 is 0 Å². The number of benzene rings is 1. The minimum absolute atomic E-state index is 0.0363. The molecule has 21 heavy (non-hydrogen) atoms. The van der Waals surface area contributed by atoms with Crippen LogP contribution in [0, 0.1) is 25.5 Å². The van der Waals surface area contributed by atoms with E-state index in [0.29, 0.717) is 23.1 Å². The van der Waals surface area contributed by atoms with Gasteiger partial charge in [0, 0.05) is 24.0 Å². The lowest BCUT2D eigenvalue weighted by Crippen LogP contribution is -2.06. The molecule has 0 amide bonds. The molecule has 1 aromatic heterocycles. The molecular formula is C17H19F2NO. The monoisotopic (exact) mass is 291 g/mol. The smallest absolute Gasteiger partial charge is 0.192 e. The standard InChI is InChI=1S/C17H19F2NO/c1-10-14(18)8-13(9-15(10)19)17-16(20-11(2)21-17)12-6-4-3-5-7-12/h8-9,12H,3-7H2,1-2H3. The molecule has 1 fully saturated rings. The van der Waals surface area contributed by atoms with Crippen LogP contribution in [0.25, 0.3) is 11.3 Å². The zero-order chi connectivity index (χ0) is 15.0. The molecule has 0 atom stereocenters. The van der Waals surface area contributed by atoms with E-state index in [1.807, 2.05) is 0 Å². The number of aromatic nitrogens is 1. The zero-order valence-electron chi connectivity index (χ0n) is 12.4. The summed E-state index contributed by atoms with van der Waals surface area (Å²) in [6, 6.07) is 2.68. The molecule has 0 aliphatic heterocycles. The summed E-state index contributed by atoms with van der Waals surface area (Å²) >= 11 is 0. The third-order valence-corrected chi connectivity index (χ3v) is 4.30. The highest BCUT2D eigenvalue weighted by molar-refractivity contribution is 5.61. The molecule has 112 valence electrons. The highest BCUT2D eigenvalue weighted by atomic mass is 19.1. The molecule has 0 bridgehead atoms. The van der Waals surface area contributed by atoms with Crippen LogP contribution < -0.4 is 0 Å². The molecule has 0 saturated heterocycles. The van der Waals surface area contributed by atoms with Gasteiger partial charge >= 0.3 is 0 Å². The number of hydrogen-bond acceptors (Lipinski definition) is 2. The van der Waals surface area contributed by atoms with Crippen LogP contribution in [0.5, 0.6) is 0 Å². The van der Waals surface area contributed by atoms with Crippen molar-refractivity contribution in [3.05, 3.63) is 40.9 Å². The highest BCUT2D eigenvalue weighted by Crippen LogP contribution is 2.38. The highest BCUT2D eigenvalue weighted by Gasteiger charge is 2.25. The molecule has 0 spiro atoms. The third kappa shape index (κ3) is 2.71. The Hall–Kier alpha value is -1.71. The Morgan fingerprint density at radius 3 is 2.29 bits per heavy atom. The number of nitrogens with zero attached hydrogens (tertiary/aromatic N) is 1. The maximum absolute atomic E-state index is 13.8. The van der Waals surface area contributed by atoms with Crippen molar-refractivity contribution >= 4 is 0 Å². The molecule has 0 radical (unpaired) electrons. The van der Waals surface area contributed by atoms with Gasteiger partial charge in [-0.05, 0) is 31.9 Å². The average molecular weight is 291 g/mol. The van der Waals surface area contributed by atoms with Crippen LogP contribution in [0.3, 0.4) is 0 Å². The van der Waals surface area contributed by atoms with E-state index in [-0.39, 0.29) is 5.56 Å². The van der Waals surface area contributed by atoms with Gasteiger partial charge in [-0.2, -0.15) is 0 Å². The van der Waals surface area contributed by atoms with Gasteiger partial charge in [0.25, 0.3) is 0 Å². The lowest BCUT2D eigenvalue weighted by molar-refractivity contribution is 0.436. The summed E-state index contributed by atoms with van der Waals surface area (Å²) in [6.07, 6.45) is 5.72. The van der Waals surface area contributed by atoms with E-state index in [0.717, 1.165) is 18.5 Å². The van der Waals surface area contributed by atoms with Gasteiger partial charge in [0.15, 0.2) is 11.7 Å². The van der Waals surface area contributed by atoms with Gasteiger partial charge < -0.3 is 4.42 Å². The van der Waals surface area contributed by atoms with Gasteiger partial charge in [0.2, 0.25) is 0 Å². The Balaban J connectivity index is 2.06. The van der Waals surface area contributed by atoms with Crippen LogP contribution in [0.2, 0.25) is 0 Å². The predicted octanol–water partition coefficient (Wildman–Crippen LogP) is 5.28. The molecule has 0 N–H and O–H groups in total. The van der Waals surface area contributed by atoms with Crippen molar-refractivity contribution in [1.82, 2.24) is 4.98 Å². The lowest BCUT2D eigenvalue weighted by Gasteiger charge is -2.20. The number of halogens is 2. The van der Waals surface area contributed by atoms with Crippen molar-refractivity contribution < 1.29 is 13.2 Å². The Morgan fingerprint density at radius 2 is 1.67 bits per heavy atom. The Bertz CT molecular complexity index is 634. The summed E-state index contributed by atoms with van der Waals surface area (Å²) in [5.74, 6) is 0.310. The van der Waals surface area contributed by atoms with E-state index < -0.39 is 11.6 Å². The SMILES string of the molecule is Cc1nc(C2CCCCC2)c(-c2cc(F)c(C)c(F)c2)o1. The zero-order valence-corrected chi connectivity index (χ0v) is 12.4. The minimum Gasteiger partial charge on any atom is -0.441 e. The Kier molecular flexibility index (Phi) is 3.79. The molecule has 2 nitrogen and oxygen atoms in total. The van der Waals surface area contributed by atoms with Gasteiger partial charge in [-0.1, -0.05) is 19.3 Å². The molecule has 0 unspecified atom stereocenters. The maximum atomic E-state index is 13.8. The Morgan fingerprint density at radius 1 is 1.05 bits per heavy atom. The van der Waals surface area contributed by atoms with E-state index in [9.17, 15) is 8.78 Å². The van der Waals surface area contributed by atoms with E-state index in [2.05, 4.69) is 4.98 Å². The summed E-state index contributed by atoms with van der Waals surface area (Å²) in [5.41, 5.74) is 1.33. The van der Waals surface area contributed by atoms with Crippen LogP contribution in [0.15, 0.2) is 16.5 Å². The summed E-state index contributed by atoms with van der Waals surface area (Å²) in [7, 11) is 0. The maximum Gasteiger partial charge on any atom is 0.192 e. The summed E-state index contributed by atoms with van der Waals surface area (Å²) < 4.78 is 33.3. The van der Waals surface area contributed by atoms with Crippen LogP contribution >= 0.6 is 0 Å². The summed E-state index contributed by atoms with van der Waals surface area (Å²) in [6.45, 7) is 3.21. The predicted molar refractivity (Wildman–Crippen MR) is 77.2 cm³/mol. The molecule has 1 aliphatic rings. The summed E-state index contributed by atoms with van der Waals surface area (Å²) in [4.78, 5) is 4.48. The first-order valence-corrected chi connectivity index (χ1v) is 7.49. The van der Waals surface area contributed by atoms with Crippen molar-refractivity contribution in [2.45, 2.75) is 51.9 Å². The fourth-order valence-electron chi connectivity index (χ4n) is 3.08. The second-order valence-corrected chi connectivity index (χ2v) is 5.85. The number of hydrogen-bond donors (Lipinski definition) is 0. The van der Waals surface area contributed by atoms with Crippen molar-refractivity contribution in [3.8, 4) is 11.3 Å². The van der Waals surface area contributed by atoms with Crippen LogP contribution in [0.1, 0.15) is 55.2 Å². The molecule has 1 aliphatic carbocycles. The molecule has 4 heteroatoms. The van der Waals surface area contributed by atoms with Crippen molar-refractivity contribution in [2.24, 2.45) is 0 Å². The van der Waals surface area contributed by atoms with Crippen LogP contribution in [0.4, 0.5) is 8.78 Å². The Labute approximate surface area is 123 Å². The van der Waals surface area contributed by atoms with Crippen LogP contribution in [-0.4, -0.2) is 4.98 Å².